The summed E-state index contributed by atoms with van der Waals surface area (Å²) in [4.78, 5) is 3.92. The molecule has 2 N–H and O–H groups in total. The minimum atomic E-state index is -1.88. The van der Waals surface area contributed by atoms with Crippen LogP contribution in [0.1, 0.15) is 19.0 Å². The molecule has 1 aliphatic rings. The lowest BCUT2D eigenvalue weighted by molar-refractivity contribution is -0.773. The standard InChI is InChI=1S/C14H19F2N2O4/c1-4-14(7-19)11(20)10(16)13(22-14)18-6-9(15)12(21-5-2)17-8(18)3/h4,6,10-11,13,19-20H,1,5,7H2,2-3H3/q+1/t10-,11+,13-,14-/m1/s1. The van der Waals surface area contributed by atoms with Gasteiger partial charge in [0, 0.05) is 6.92 Å². The molecule has 22 heavy (non-hydrogen) atoms. The predicted molar refractivity (Wildman–Crippen MR) is 71.3 cm³/mol. The SMILES string of the molecule is C=C[C@]1(CO)O[C@@H]([n+]2cc(F)c(OCC)nc2C)[C@H](F)[C@@H]1O. The van der Waals surface area contributed by atoms with Gasteiger partial charge in [-0.25, -0.2) is 8.96 Å². The number of hydrogen-bond acceptors (Lipinski definition) is 5. The number of aliphatic hydroxyl groups is 2. The van der Waals surface area contributed by atoms with Crippen molar-refractivity contribution in [3.8, 4) is 5.88 Å². The van der Waals surface area contributed by atoms with Crippen molar-refractivity contribution in [1.82, 2.24) is 4.98 Å². The lowest BCUT2D eigenvalue weighted by Crippen LogP contribution is -2.48. The lowest BCUT2D eigenvalue weighted by Gasteiger charge is -2.24. The summed E-state index contributed by atoms with van der Waals surface area (Å²) in [6.07, 6.45) is -2.71. The molecule has 0 aromatic carbocycles. The van der Waals surface area contributed by atoms with Crippen molar-refractivity contribution in [2.45, 2.75) is 38.0 Å². The van der Waals surface area contributed by atoms with Gasteiger partial charge in [0.2, 0.25) is 6.23 Å². The van der Waals surface area contributed by atoms with E-state index >= 15 is 0 Å². The molecule has 0 amide bonds. The van der Waals surface area contributed by atoms with Crippen LogP contribution in [-0.4, -0.2) is 46.3 Å². The van der Waals surface area contributed by atoms with E-state index < -0.39 is 36.5 Å². The number of ether oxygens (including phenoxy) is 2. The maximum atomic E-state index is 14.4. The molecule has 0 unspecified atom stereocenters. The van der Waals surface area contributed by atoms with Gasteiger partial charge in [0.1, 0.15) is 17.9 Å². The number of aryl methyl sites for hydroxylation is 1. The van der Waals surface area contributed by atoms with Crippen LogP contribution in [0.25, 0.3) is 0 Å². The minimum absolute atomic E-state index is 0.192. The number of halogens is 2. The molecule has 0 bridgehead atoms. The van der Waals surface area contributed by atoms with Gasteiger partial charge in [-0.05, 0) is 11.9 Å². The van der Waals surface area contributed by atoms with Gasteiger partial charge in [-0.15, -0.1) is 6.58 Å². The zero-order valence-corrected chi connectivity index (χ0v) is 12.4. The molecule has 1 fully saturated rings. The molecular weight excluding hydrogens is 298 g/mol. The van der Waals surface area contributed by atoms with Gasteiger partial charge in [-0.2, -0.15) is 4.39 Å². The number of aliphatic hydroxyl groups excluding tert-OH is 2. The van der Waals surface area contributed by atoms with E-state index in [1.54, 1.807) is 6.92 Å². The van der Waals surface area contributed by atoms with Crippen LogP contribution in [0.5, 0.6) is 5.88 Å². The molecule has 6 nitrogen and oxygen atoms in total. The normalized spacial score (nSPS) is 31.3. The number of hydrogen-bond donors (Lipinski definition) is 2. The molecule has 0 aliphatic carbocycles. The number of aromatic nitrogens is 2. The van der Waals surface area contributed by atoms with Crippen LogP contribution in [0.4, 0.5) is 8.78 Å². The second kappa shape index (κ2) is 6.23. The van der Waals surface area contributed by atoms with Gasteiger partial charge < -0.3 is 19.7 Å². The van der Waals surface area contributed by atoms with Crippen LogP contribution >= 0.6 is 0 Å². The van der Waals surface area contributed by atoms with E-state index in [1.807, 2.05) is 0 Å². The highest BCUT2D eigenvalue weighted by Crippen LogP contribution is 2.37. The molecule has 2 heterocycles. The third kappa shape index (κ3) is 2.57. The van der Waals surface area contributed by atoms with Gasteiger partial charge in [0.25, 0.3) is 5.82 Å². The van der Waals surface area contributed by atoms with E-state index in [-0.39, 0.29) is 18.3 Å². The van der Waals surface area contributed by atoms with E-state index in [2.05, 4.69) is 11.6 Å². The van der Waals surface area contributed by atoms with Crippen molar-refractivity contribution in [2.24, 2.45) is 0 Å². The maximum absolute atomic E-state index is 14.4. The topological polar surface area (TPSA) is 75.7 Å². The second-order valence-electron chi connectivity index (χ2n) is 5.00. The predicted octanol–water partition coefficient (Wildman–Crippen LogP) is 0.360. The minimum Gasteiger partial charge on any atom is -0.458 e. The summed E-state index contributed by atoms with van der Waals surface area (Å²) in [6.45, 7) is 6.24. The summed E-state index contributed by atoms with van der Waals surface area (Å²) in [5.41, 5.74) is -1.64. The van der Waals surface area contributed by atoms with Crippen molar-refractivity contribution >= 4 is 0 Å². The summed E-state index contributed by atoms with van der Waals surface area (Å²) < 4.78 is 39.9. The van der Waals surface area contributed by atoms with Crippen LogP contribution in [0, 0.1) is 12.7 Å². The summed E-state index contributed by atoms with van der Waals surface area (Å²) in [7, 11) is 0. The Labute approximate surface area is 126 Å². The smallest absolute Gasteiger partial charge is 0.368 e. The van der Waals surface area contributed by atoms with Crippen LogP contribution in [-0.2, 0) is 4.74 Å². The van der Waals surface area contributed by atoms with E-state index in [4.69, 9.17) is 9.47 Å². The van der Waals surface area contributed by atoms with Crippen LogP contribution < -0.4 is 9.30 Å². The average molecular weight is 317 g/mol. The van der Waals surface area contributed by atoms with Gasteiger partial charge in [-0.3, -0.25) is 0 Å². The Balaban J connectivity index is 2.40. The van der Waals surface area contributed by atoms with E-state index in [9.17, 15) is 19.0 Å². The molecule has 2 rings (SSSR count). The summed E-state index contributed by atoms with van der Waals surface area (Å²) >= 11 is 0. The Kier molecular flexibility index (Phi) is 4.74. The fourth-order valence-corrected chi connectivity index (χ4v) is 2.38. The van der Waals surface area contributed by atoms with Crippen molar-refractivity contribution in [3.63, 3.8) is 0 Å². The Morgan fingerprint density at radius 2 is 2.32 bits per heavy atom. The highest BCUT2D eigenvalue weighted by molar-refractivity contribution is 5.11. The zero-order chi connectivity index (χ0) is 16.5. The molecule has 4 atom stereocenters. The summed E-state index contributed by atoms with van der Waals surface area (Å²) in [5, 5.41) is 19.3. The molecule has 1 aromatic rings. The molecule has 122 valence electrons. The summed E-state index contributed by atoms with van der Waals surface area (Å²) in [5.74, 6) is -0.734. The fourth-order valence-electron chi connectivity index (χ4n) is 2.38. The number of rotatable bonds is 5. The first kappa shape index (κ1) is 16.7. The second-order valence-corrected chi connectivity index (χ2v) is 5.00. The third-order valence-corrected chi connectivity index (χ3v) is 3.66. The first-order valence-electron chi connectivity index (χ1n) is 6.85. The Bertz CT molecular complexity index is 572. The van der Waals surface area contributed by atoms with Crippen molar-refractivity contribution in [1.29, 1.82) is 0 Å². The molecule has 0 spiro atoms. The fraction of sp³-hybridized carbons (Fsp3) is 0.571. The molecule has 0 radical (unpaired) electrons. The van der Waals surface area contributed by atoms with E-state index in [0.717, 1.165) is 16.8 Å². The van der Waals surface area contributed by atoms with Gasteiger partial charge >= 0.3 is 11.7 Å². The number of alkyl halides is 1. The Morgan fingerprint density at radius 1 is 1.64 bits per heavy atom. The van der Waals surface area contributed by atoms with Crippen LogP contribution in [0.15, 0.2) is 18.9 Å². The maximum Gasteiger partial charge on any atom is 0.368 e. The third-order valence-electron chi connectivity index (χ3n) is 3.66. The summed E-state index contributed by atoms with van der Waals surface area (Å²) in [6, 6.07) is 0. The highest BCUT2D eigenvalue weighted by Gasteiger charge is 2.56. The van der Waals surface area contributed by atoms with Crippen LogP contribution in [0.3, 0.4) is 0 Å². The lowest BCUT2D eigenvalue weighted by atomic mass is 9.97. The molecule has 1 aliphatic heterocycles. The van der Waals surface area contributed by atoms with E-state index in [1.165, 1.54) is 6.92 Å². The van der Waals surface area contributed by atoms with Crippen molar-refractivity contribution < 1.29 is 33.0 Å². The molecule has 1 aromatic heterocycles. The molecular formula is C14H19F2N2O4+. The van der Waals surface area contributed by atoms with E-state index in [0.29, 0.717) is 0 Å². The first-order valence-corrected chi connectivity index (χ1v) is 6.85. The molecule has 1 saturated heterocycles. The first-order chi connectivity index (χ1) is 10.4. The highest BCUT2D eigenvalue weighted by atomic mass is 19.1. The largest absolute Gasteiger partial charge is 0.458 e. The quantitative estimate of drug-likeness (QED) is 0.606. The van der Waals surface area contributed by atoms with Gasteiger partial charge in [0.05, 0.1) is 13.2 Å². The average Bonchev–Trinajstić information content (AvgIpc) is 2.76. The monoisotopic (exact) mass is 317 g/mol. The zero-order valence-electron chi connectivity index (χ0n) is 12.4. The van der Waals surface area contributed by atoms with Gasteiger partial charge in [0.15, 0.2) is 6.17 Å². The van der Waals surface area contributed by atoms with Crippen molar-refractivity contribution in [2.75, 3.05) is 13.2 Å². The molecule has 8 heteroatoms. The van der Waals surface area contributed by atoms with Crippen LogP contribution in [0.2, 0.25) is 0 Å². The Morgan fingerprint density at radius 3 is 2.82 bits per heavy atom. The van der Waals surface area contributed by atoms with Gasteiger partial charge in [-0.1, -0.05) is 6.08 Å². The molecule has 0 saturated carbocycles. The number of nitrogens with zero attached hydrogens (tertiary/aromatic N) is 2. The Hall–Kier alpha value is -1.64. The van der Waals surface area contributed by atoms with Crippen molar-refractivity contribution in [3.05, 3.63) is 30.5 Å².